The van der Waals surface area contributed by atoms with Crippen LogP contribution in [0.3, 0.4) is 0 Å². The summed E-state index contributed by atoms with van der Waals surface area (Å²) in [5.41, 5.74) is 2.33. The molecule has 12 nitrogen and oxygen atoms in total. The third-order valence-electron chi connectivity index (χ3n) is 9.96. The Morgan fingerprint density at radius 3 is 2.42 bits per heavy atom. The van der Waals surface area contributed by atoms with Gasteiger partial charge in [-0.1, -0.05) is 30.3 Å². The fourth-order valence-corrected chi connectivity index (χ4v) is 8.12. The molecule has 3 aliphatic heterocycles. The maximum absolute atomic E-state index is 13.4. The first-order valence-corrected chi connectivity index (χ1v) is 14.3. The molecule has 5 aliphatic rings. The number of piperidine rings is 1. The van der Waals surface area contributed by atoms with Gasteiger partial charge in [-0.2, -0.15) is 0 Å². The molecular formula is C31H34N2O10. The number of aliphatic hydroxyl groups excluding tert-OH is 2. The molecule has 6 N–H and O–H groups in total. The summed E-state index contributed by atoms with van der Waals surface area (Å²) in [4.78, 5) is 37.3. The Bertz CT molecular complexity index is 1490. The number of rotatable bonds is 6. The molecule has 1 amide bonds. The van der Waals surface area contributed by atoms with E-state index in [1.807, 2.05) is 41.3 Å². The van der Waals surface area contributed by atoms with E-state index in [4.69, 9.17) is 25.2 Å². The Hall–Kier alpha value is -3.97. The van der Waals surface area contributed by atoms with Crippen LogP contribution in [-0.2, 0) is 28.0 Å². The monoisotopic (exact) mass is 594 g/mol. The Morgan fingerprint density at radius 2 is 1.77 bits per heavy atom. The highest BCUT2D eigenvalue weighted by molar-refractivity contribution is 5.98. The predicted molar refractivity (Wildman–Crippen MR) is 150 cm³/mol. The first kappa shape index (κ1) is 29.1. The molecule has 1 saturated heterocycles. The molecule has 228 valence electrons. The van der Waals surface area contributed by atoms with Gasteiger partial charge in [0.1, 0.15) is 6.10 Å². The van der Waals surface area contributed by atoms with Gasteiger partial charge in [-0.05, 0) is 55.5 Å². The molecule has 2 fully saturated rings. The van der Waals surface area contributed by atoms with E-state index in [0.29, 0.717) is 25.1 Å². The van der Waals surface area contributed by atoms with Crippen LogP contribution >= 0.6 is 0 Å². The molecule has 0 radical (unpaired) electrons. The molecule has 3 heterocycles. The molecule has 2 bridgehead atoms. The zero-order chi connectivity index (χ0) is 30.8. The van der Waals surface area contributed by atoms with Crippen LogP contribution in [0.4, 0.5) is 0 Å². The summed E-state index contributed by atoms with van der Waals surface area (Å²) in [5.74, 6) is -2.85. The number of fused-ring (bicyclic) bond motifs is 1. The molecule has 1 saturated carbocycles. The number of amides is 1. The van der Waals surface area contributed by atoms with Crippen molar-refractivity contribution in [2.45, 2.75) is 73.6 Å². The third kappa shape index (κ3) is 4.08. The van der Waals surface area contributed by atoms with Crippen molar-refractivity contribution in [2.75, 3.05) is 13.1 Å². The highest BCUT2D eigenvalue weighted by Gasteiger charge is 2.73. The van der Waals surface area contributed by atoms with Gasteiger partial charge in [0.2, 0.25) is 0 Å². The maximum atomic E-state index is 13.4. The number of phenols is 1. The molecule has 12 heteroatoms. The normalized spacial score (nSPS) is 31.1. The van der Waals surface area contributed by atoms with Gasteiger partial charge in [-0.3, -0.25) is 9.69 Å². The molecule has 2 aromatic rings. The second-order valence-electron chi connectivity index (χ2n) is 11.9. The van der Waals surface area contributed by atoms with Crippen molar-refractivity contribution in [1.29, 1.82) is 0 Å². The van der Waals surface area contributed by atoms with Crippen LogP contribution in [0.5, 0.6) is 11.5 Å². The van der Waals surface area contributed by atoms with Crippen molar-refractivity contribution in [3.8, 4) is 11.5 Å². The van der Waals surface area contributed by atoms with E-state index in [0.717, 1.165) is 48.2 Å². The number of likely N-dealkylation sites (tertiary alicyclic amines) is 1. The fourth-order valence-electron chi connectivity index (χ4n) is 8.12. The number of aliphatic hydroxyl groups is 3. The lowest BCUT2D eigenvalue weighted by atomic mass is 9.48. The zero-order valence-electron chi connectivity index (χ0n) is 23.3. The van der Waals surface area contributed by atoms with Gasteiger partial charge in [0.25, 0.3) is 5.91 Å². The Morgan fingerprint density at radius 1 is 1.07 bits per heavy atom. The third-order valence-corrected chi connectivity index (χ3v) is 9.96. The van der Waals surface area contributed by atoms with Gasteiger partial charge in [0.15, 0.2) is 23.7 Å². The molecule has 0 aromatic heterocycles. The van der Waals surface area contributed by atoms with Crippen LogP contribution in [0.2, 0.25) is 0 Å². The number of phenolic OH excluding ortho intramolecular Hbond substituents is 1. The largest absolute Gasteiger partial charge is 0.504 e. The molecule has 2 unspecified atom stereocenters. The average Bonchev–Trinajstić information content (AvgIpc) is 3.51. The first-order valence-electron chi connectivity index (χ1n) is 14.3. The van der Waals surface area contributed by atoms with E-state index in [9.17, 15) is 24.6 Å². The number of hydrogen-bond donors (Lipinski definition) is 6. The summed E-state index contributed by atoms with van der Waals surface area (Å²) in [6.07, 6.45) is -0.277. The van der Waals surface area contributed by atoms with E-state index in [1.54, 1.807) is 6.07 Å². The molecule has 2 aliphatic carbocycles. The highest BCUT2D eigenvalue weighted by Crippen LogP contribution is 2.66. The second-order valence-corrected chi connectivity index (χ2v) is 11.9. The van der Waals surface area contributed by atoms with Gasteiger partial charge in [0.05, 0.1) is 17.1 Å². The summed E-state index contributed by atoms with van der Waals surface area (Å²) >= 11 is 0. The van der Waals surface area contributed by atoms with E-state index >= 15 is 0 Å². The van der Waals surface area contributed by atoms with Crippen molar-refractivity contribution in [3.05, 3.63) is 71.3 Å². The van der Waals surface area contributed by atoms with Gasteiger partial charge in [0, 0.05) is 30.3 Å². The number of aromatic hydroxyl groups is 1. The van der Waals surface area contributed by atoms with E-state index in [-0.39, 0.29) is 29.8 Å². The Labute approximate surface area is 247 Å². The lowest BCUT2D eigenvalue weighted by molar-refractivity contribution is -0.196. The van der Waals surface area contributed by atoms with Crippen LogP contribution in [0.15, 0.2) is 49.1 Å². The van der Waals surface area contributed by atoms with Gasteiger partial charge in [-0.25, -0.2) is 9.59 Å². The summed E-state index contributed by atoms with van der Waals surface area (Å²) < 4.78 is 6.60. The summed E-state index contributed by atoms with van der Waals surface area (Å²) in [5, 5.41) is 55.7. The number of ether oxygens (including phenoxy) is 1. The molecule has 1 spiro atoms. The lowest BCUT2D eigenvalue weighted by Crippen LogP contribution is -2.78. The number of carbonyl (C=O) groups excluding carboxylic acids is 1. The SMILES string of the molecule is C=CCN1CC[C@]23c4c5ccc(O)c4O[C@H]2[C@H](N2Cc4ccccc4C2=O)CC[C@@]3(O)[C@H]1C5.O=C(O)C(O)C(O)C(=O)O. The summed E-state index contributed by atoms with van der Waals surface area (Å²) in [7, 11) is 0. The number of benzene rings is 2. The number of carboxylic acids is 2. The molecular weight excluding hydrogens is 560 g/mol. The highest BCUT2D eigenvalue weighted by atomic mass is 16.5. The lowest BCUT2D eigenvalue weighted by Gasteiger charge is -2.64. The van der Waals surface area contributed by atoms with Gasteiger partial charge in [-0.15, -0.1) is 6.58 Å². The van der Waals surface area contributed by atoms with Crippen LogP contribution < -0.4 is 4.74 Å². The van der Waals surface area contributed by atoms with Crippen molar-refractivity contribution >= 4 is 17.8 Å². The second kappa shape index (κ2) is 10.3. The van der Waals surface area contributed by atoms with Crippen LogP contribution in [-0.4, -0.2) is 107 Å². The van der Waals surface area contributed by atoms with Crippen molar-refractivity contribution in [2.24, 2.45) is 0 Å². The van der Waals surface area contributed by atoms with Crippen molar-refractivity contribution < 1.29 is 49.8 Å². The standard InChI is InChI=1S/C27H28N2O4.C4H6O6/c1-2-12-28-13-11-26-22-16-7-8-20(30)23(22)33-24(26)19(9-10-27(26,32)21(28)14-16)29-15-17-5-3-4-6-18(17)25(29)31;5-1(3(7)8)2(6)4(9)10/h2-8,19,21,24,30,32H,1,9-15H2;1-2,5-6H,(H,7,8)(H,9,10)/t19-,21-,24+,26+,27-;/m1./s1. The number of aliphatic carboxylic acids is 2. The minimum Gasteiger partial charge on any atom is -0.504 e. The Balaban J connectivity index is 0.000000286. The van der Waals surface area contributed by atoms with Crippen molar-refractivity contribution in [3.63, 3.8) is 0 Å². The zero-order valence-corrected chi connectivity index (χ0v) is 23.3. The molecule has 43 heavy (non-hydrogen) atoms. The minimum absolute atomic E-state index is 0.0363. The molecule has 7 atom stereocenters. The Kier molecular flexibility index (Phi) is 7.00. The quantitative estimate of drug-likeness (QED) is 0.258. The topological polar surface area (TPSA) is 188 Å². The minimum atomic E-state index is -2.27. The van der Waals surface area contributed by atoms with E-state index < -0.39 is 35.2 Å². The van der Waals surface area contributed by atoms with Crippen LogP contribution in [0.25, 0.3) is 0 Å². The van der Waals surface area contributed by atoms with Gasteiger partial charge < -0.3 is 40.3 Å². The van der Waals surface area contributed by atoms with Crippen LogP contribution in [0, 0.1) is 0 Å². The number of nitrogens with zero attached hydrogens (tertiary/aromatic N) is 2. The average molecular weight is 595 g/mol. The smallest absolute Gasteiger partial charge is 0.335 e. The van der Waals surface area contributed by atoms with E-state index in [2.05, 4.69) is 11.5 Å². The van der Waals surface area contributed by atoms with Crippen molar-refractivity contribution in [1.82, 2.24) is 9.80 Å². The summed E-state index contributed by atoms with van der Waals surface area (Å²) in [6.45, 7) is 6.06. The maximum Gasteiger partial charge on any atom is 0.335 e. The predicted octanol–water partition coefficient (Wildman–Crippen LogP) is 0.634. The van der Waals surface area contributed by atoms with E-state index in [1.165, 1.54) is 0 Å². The number of hydrogen-bond acceptors (Lipinski definition) is 9. The summed E-state index contributed by atoms with van der Waals surface area (Å²) in [6, 6.07) is 11.3. The van der Waals surface area contributed by atoms with Gasteiger partial charge >= 0.3 is 11.9 Å². The number of carboxylic acid groups (broad SMARTS) is 2. The number of carbonyl (C=O) groups is 3. The first-order chi connectivity index (χ1) is 20.5. The fraction of sp³-hybridized carbons (Fsp3) is 0.452. The molecule has 2 aromatic carbocycles. The van der Waals surface area contributed by atoms with Crippen LogP contribution in [0.1, 0.15) is 46.3 Å². The molecule has 7 rings (SSSR count).